The Bertz CT molecular complexity index is 473. The molecule has 0 aliphatic rings. The molecule has 1 heterocycles. The predicted octanol–water partition coefficient (Wildman–Crippen LogP) is 3.29. The van der Waals surface area contributed by atoms with Gasteiger partial charge >= 0.3 is 0 Å². The van der Waals surface area contributed by atoms with Gasteiger partial charge in [0, 0.05) is 21.1 Å². The molecule has 0 saturated heterocycles. The molecule has 0 radical (unpaired) electrons. The number of H-pyrrole nitrogens is 1. The summed E-state index contributed by atoms with van der Waals surface area (Å²) in [6.45, 7) is 3.77. The molecular weight excluding hydrogens is 242 g/mol. The highest BCUT2D eigenvalue weighted by Gasteiger charge is 2.13. The van der Waals surface area contributed by atoms with Gasteiger partial charge in [0.2, 0.25) is 0 Å². The van der Waals surface area contributed by atoms with Crippen molar-refractivity contribution >= 4 is 26.8 Å². The van der Waals surface area contributed by atoms with Crippen molar-refractivity contribution in [2.75, 3.05) is 0 Å². The van der Waals surface area contributed by atoms with Crippen LogP contribution in [0.15, 0.2) is 22.7 Å². The number of fused-ring (bicyclic) bond motifs is 1. The summed E-state index contributed by atoms with van der Waals surface area (Å²) in [5.41, 5.74) is 3.07. The van der Waals surface area contributed by atoms with E-state index in [-0.39, 0.29) is 0 Å². The highest BCUT2D eigenvalue weighted by atomic mass is 79.9. The van der Waals surface area contributed by atoms with Crippen molar-refractivity contribution in [1.29, 1.82) is 0 Å². The molecule has 74 valence electrons. The van der Waals surface area contributed by atoms with Crippen molar-refractivity contribution in [1.82, 2.24) is 4.98 Å². The minimum atomic E-state index is -0.432. The van der Waals surface area contributed by atoms with Gasteiger partial charge in [0.1, 0.15) is 0 Å². The fraction of sp³-hybridized carbons (Fsp3) is 0.273. The average molecular weight is 254 g/mol. The normalized spacial score (nSPS) is 13.4. The lowest BCUT2D eigenvalue weighted by Crippen LogP contribution is -1.91. The van der Waals surface area contributed by atoms with E-state index in [2.05, 4.69) is 20.9 Å². The van der Waals surface area contributed by atoms with Crippen molar-refractivity contribution in [2.45, 2.75) is 20.0 Å². The summed E-state index contributed by atoms with van der Waals surface area (Å²) in [6.07, 6.45) is -0.432. The lowest BCUT2D eigenvalue weighted by atomic mass is 10.1. The molecule has 0 aliphatic heterocycles. The third kappa shape index (κ3) is 1.37. The first kappa shape index (κ1) is 9.74. The summed E-state index contributed by atoms with van der Waals surface area (Å²) in [7, 11) is 0. The molecule has 2 nitrogen and oxygen atoms in total. The summed E-state index contributed by atoms with van der Waals surface area (Å²) in [5.74, 6) is 0. The number of benzene rings is 1. The molecule has 1 atom stereocenters. The maximum absolute atomic E-state index is 9.65. The Hall–Kier alpha value is -0.800. The van der Waals surface area contributed by atoms with Crippen molar-refractivity contribution in [3.05, 3.63) is 33.9 Å². The van der Waals surface area contributed by atoms with Gasteiger partial charge in [-0.2, -0.15) is 0 Å². The topological polar surface area (TPSA) is 36.0 Å². The molecule has 14 heavy (non-hydrogen) atoms. The molecule has 1 aromatic heterocycles. The smallest absolute Gasteiger partial charge is 0.0785 e. The van der Waals surface area contributed by atoms with E-state index in [4.69, 9.17) is 0 Å². The molecule has 0 spiro atoms. The van der Waals surface area contributed by atoms with E-state index in [1.807, 2.05) is 25.1 Å². The zero-order valence-electron chi connectivity index (χ0n) is 8.13. The molecule has 0 aliphatic carbocycles. The number of aliphatic hydroxyl groups excluding tert-OH is 1. The van der Waals surface area contributed by atoms with E-state index in [0.29, 0.717) is 0 Å². The van der Waals surface area contributed by atoms with Crippen molar-refractivity contribution in [2.24, 2.45) is 0 Å². The average Bonchev–Trinajstić information content (AvgIpc) is 2.42. The molecule has 2 rings (SSSR count). The molecular formula is C11H12BrNO. The van der Waals surface area contributed by atoms with E-state index in [1.54, 1.807) is 6.92 Å². The number of aromatic nitrogens is 1. The predicted molar refractivity (Wildman–Crippen MR) is 61.4 cm³/mol. The van der Waals surface area contributed by atoms with Crippen LogP contribution in [0.5, 0.6) is 0 Å². The van der Waals surface area contributed by atoms with Crippen molar-refractivity contribution < 1.29 is 5.11 Å². The van der Waals surface area contributed by atoms with Gasteiger partial charge in [-0.05, 0) is 35.8 Å². The van der Waals surface area contributed by atoms with Gasteiger partial charge in [-0.1, -0.05) is 12.1 Å². The van der Waals surface area contributed by atoms with Crippen LogP contribution in [-0.2, 0) is 0 Å². The third-order valence-electron chi connectivity index (χ3n) is 2.44. The summed E-state index contributed by atoms with van der Waals surface area (Å²) < 4.78 is 1.03. The van der Waals surface area contributed by atoms with Crippen LogP contribution in [0, 0.1) is 6.92 Å². The van der Waals surface area contributed by atoms with E-state index < -0.39 is 6.10 Å². The van der Waals surface area contributed by atoms with E-state index in [1.165, 1.54) is 0 Å². The molecule has 3 heteroatoms. The number of nitrogens with one attached hydrogen (secondary N) is 1. The second-order valence-corrected chi connectivity index (χ2v) is 4.36. The summed E-state index contributed by atoms with van der Waals surface area (Å²) in [5, 5.41) is 10.7. The Morgan fingerprint density at radius 2 is 2.14 bits per heavy atom. The Morgan fingerprint density at radius 3 is 2.79 bits per heavy atom. The quantitative estimate of drug-likeness (QED) is 0.804. The number of rotatable bonds is 1. The van der Waals surface area contributed by atoms with Gasteiger partial charge in [-0.3, -0.25) is 0 Å². The first-order valence-electron chi connectivity index (χ1n) is 4.56. The molecule has 1 unspecified atom stereocenters. The second-order valence-electron chi connectivity index (χ2n) is 3.50. The molecule has 2 N–H and O–H groups in total. The number of aliphatic hydroxyl groups is 1. The third-order valence-corrected chi connectivity index (χ3v) is 3.10. The SMILES string of the molecule is Cc1[nH]c2c(Br)cccc2c1C(C)O. The summed E-state index contributed by atoms with van der Waals surface area (Å²) in [4.78, 5) is 3.27. The zero-order chi connectivity index (χ0) is 10.3. The van der Waals surface area contributed by atoms with Crippen molar-refractivity contribution in [3.8, 4) is 0 Å². The van der Waals surface area contributed by atoms with Gasteiger partial charge in [-0.15, -0.1) is 0 Å². The minimum Gasteiger partial charge on any atom is -0.389 e. The van der Waals surface area contributed by atoms with Gasteiger partial charge in [0.05, 0.1) is 11.6 Å². The number of para-hydroxylation sites is 1. The molecule has 0 bridgehead atoms. The van der Waals surface area contributed by atoms with Crippen LogP contribution in [0.1, 0.15) is 24.3 Å². The lowest BCUT2D eigenvalue weighted by Gasteiger charge is -2.03. The summed E-state index contributed by atoms with van der Waals surface area (Å²) in [6, 6.07) is 5.99. The van der Waals surface area contributed by atoms with Crippen LogP contribution in [0.3, 0.4) is 0 Å². The Labute approximate surface area is 91.1 Å². The fourth-order valence-electron chi connectivity index (χ4n) is 1.87. The first-order valence-corrected chi connectivity index (χ1v) is 5.35. The monoisotopic (exact) mass is 253 g/mol. The Morgan fingerprint density at radius 1 is 1.43 bits per heavy atom. The lowest BCUT2D eigenvalue weighted by molar-refractivity contribution is 0.200. The highest BCUT2D eigenvalue weighted by molar-refractivity contribution is 9.10. The van der Waals surface area contributed by atoms with E-state index >= 15 is 0 Å². The molecule has 0 amide bonds. The van der Waals surface area contributed by atoms with Gasteiger partial charge in [0.15, 0.2) is 0 Å². The Balaban J connectivity index is 2.83. The molecule has 1 aromatic carbocycles. The number of aryl methyl sites for hydroxylation is 1. The van der Waals surface area contributed by atoms with Crippen LogP contribution in [0.4, 0.5) is 0 Å². The van der Waals surface area contributed by atoms with Gasteiger partial charge < -0.3 is 10.1 Å². The molecule has 2 aromatic rings. The summed E-state index contributed by atoms with van der Waals surface area (Å²) >= 11 is 3.48. The maximum Gasteiger partial charge on any atom is 0.0785 e. The van der Waals surface area contributed by atoms with Crippen LogP contribution in [0.2, 0.25) is 0 Å². The van der Waals surface area contributed by atoms with Crippen LogP contribution < -0.4 is 0 Å². The zero-order valence-corrected chi connectivity index (χ0v) is 9.72. The second kappa shape index (κ2) is 3.41. The maximum atomic E-state index is 9.65. The Kier molecular flexibility index (Phi) is 2.37. The number of halogens is 1. The highest BCUT2D eigenvalue weighted by Crippen LogP contribution is 2.31. The fourth-order valence-corrected chi connectivity index (χ4v) is 2.34. The standard InChI is InChI=1S/C11H12BrNO/c1-6-10(7(2)14)8-4-3-5-9(12)11(8)13-6/h3-5,7,13-14H,1-2H3. The van der Waals surface area contributed by atoms with E-state index in [9.17, 15) is 5.11 Å². The number of hydrogen-bond acceptors (Lipinski definition) is 1. The minimum absolute atomic E-state index is 0.432. The van der Waals surface area contributed by atoms with Crippen LogP contribution >= 0.6 is 15.9 Å². The van der Waals surface area contributed by atoms with Gasteiger partial charge in [-0.25, -0.2) is 0 Å². The largest absolute Gasteiger partial charge is 0.389 e. The van der Waals surface area contributed by atoms with Crippen LogP contribution in [0.25, 0.3) is 10.9 Å². The van der Waals surface area contributed by atoms with E-state index in [0.717, 1.165) is 26.6 Å². The number of aromatic amines is 1. The molecule has 0 saturated carbocycles. The van der Waals surface area contributed by atoms with Gasteiger partial charge in [0.25, 0.3) is 0 Å². The number of hydrogen-bond donors (Lipinski definition) is 2. The first-order chi connectivity index (χ1) is 6.61. The molecule has 0 fully saturated rings. The van der Waals surface area contributed by atoms with Crippen LogP contribution in [-0.4, -0.2) is 10.1 Å². The van der Waals surface area contributed by atoms with Crippen molar-refractivity contribution in [3.63, 3.8) is 0 Å².